The van der Waals surface area contributed by atoms with Crippen LogP contribution in [0.4, 0.5) is 11.4 Å². The predicted molar refractivity (Wildman–Crippen MR) is 114 cm³/mol. The summed E-state index contributed by atoms with van der Waals surface area (Å²) in [6.45, 7) is 3.02. The van der Waals surface area contributed by atoms with Crippen molar-refractivity contribution in [2.24, 2.45) is 0 Å². The second-order valence-corrected chi connectivity index (χ2v) is 6.94. The molecule has 3 rings (SSSR count). The largest absolute Gasteiger partial charge is 0.379 e. The molecular formula is C19H20Cl3N3O3. The first kappa shape index (κ1) is 22.5. The van der Waals surface area contributed by atoms with Crippen LogP contribution in [0.25, 0.3) is 0 Å². The minimum atomic E-state index is -0.314. The minimum Gasteiger partial charge on any atom is -0.379 e. The van der Waals surface area contributed by atoms with E-state index in [1.165, 1.54) is 0 Å². The zero-order valence-corrected chi connectivity index (χ0v) is 17.2. The molecule has 2 amide bonds. The van der Waals surface area contributed by atoms with Gasteiger partial charge in [-0.05, 0) is 42.5 Å². The van der Waals surface area contributed by atoms with Gasteiger partial charge in [0, 0.05) is 29.4 Å². The number of rotatable bonds is 5. The summed E-state index contributed by atoms with van der Waals surface area (Å²) >= 11 is 12.0. The molecule has 0 radical (unpaired) electrons. The maximum atomic E-state index is 12.4. The summed E-state index contributed by atoms with van der Waals surface area (Å²) in [5, 5.41) is 6.51. The molecule has 1 saturated heterocycles. The van der Waals surface area contributed by atoms with Gasteiger partial charge in [0.15, 0.2) is 0 Å². The van der Waals surface area contributed by atoms with Crippen molar-refractivity contribution in [3.63, 3.8) is 0 Å². The maximum Gasteiger partial charge on any atom is 0.255 e. The molecule has 2 aromatic rings. The molecule has 28 heavy (non-hydrogen) atoms. The van der Waals surface area contributed by atoms with Gasteiger partial charge in [-0.25, -0.2) is 0 Å². The quantitative estimate of drug-likeness (QED) is 0.733. The number of nitrogens with one attached hydrogen (secondary N) is 2. The van der Waals surface area contributed by atoms with Gasteiger partial charge in [-0.15, -0.1) is 12.4 Å². The van der Waals surface area contributed by atoms with E-state index in [-0.39, 0.29) is 24.2 Å². The van der Waals surface area contributed by atoms with E-state index >= 15 is 0 Å². The van der Waals surface area contributed by atoms with Crippen LogP contribution < -0.4 is 10.6 Å². The molecule has 1 aliphatic rings. The van der Waals surface area contributed by atoms with Crippen LogP contribution in [0.5, 0.6) is 0 Å². The summed E-state index contributed by atoms with van der Waals surface area (Å²) in [5.74, 6) is -0.445. The lowest BCUT2D eigenvalue weighted by molar-refractivity contribution is -0.118. The van der Waals surface area contributed by atoms with E-state index in [1.54, 1.807) is 42.5 Å². The van der Waals surface area contributed by atoms with Gasteiger partial charge in [0.1, 0.15) is 0 Å². The van der Waals surface area contributed by atoms with Crippen molar-refractivity contribution in [3.8, 4) is 0 Å². The SMILES string of the molecule is Cl.O=C(CN1CCOCC1)Nc1ccc(Cl)c(NC(=O)c2ccc(Cl)cc2)c1. The lowest BCUT2D eigenvalue weighted by Gasteiger charge is -2.25. The Morgan fingerprint density at radius 3 is 2.36 bits per heavy atom. The number of hydrogen-bond donors (Lipinski definition) is 2. The van der Waals surface area contributed by atoms with Crippen LogP contribution >= 0.6 is 35.6 Å². The fourth-order valence-electron chi connectivity index (χ4n) is 2.66. The highest BCUT2D eigenvalue weighted by Gasteiger charge is 2.15. The summed E-state index contributed by atoms with van der Waals surface area (Å²) < 4.78 is 5.27. The predicted octanol–water partition coefficient (Wildman–Crippen LogP) is 3.94. The normalized spacial score (nSPS) is 14.1. The number of amides is 2. The molecule has 2 N–H and O–H groups in total. The average Bonchev–Trinajstić information content (AvgIpc) is 2.65. The van der Waals surface area contributed by atoms with Crippen molar-refractivity contribution in [2.75, 3.05) is 43.5 Å². The van der Waals surface area contributed by atoms with Crippen LogP contribution in [0.1, 0.15) is 10.4 Å². The number of nitrogens with zero attached hydrogens (tertiary/aromatic N) is 1. The first-order valence-electron chi connectivity index (χ1n) is 8.48. The fraction of sp³-hybridized carbons (Fsp3) is 0.263. The Bertz CT molecular complexity index is 825. The molecule has 1 aliphatic heterocycles. The number of anilines is 2. The first-order chi connectivity index (χ1) is 13.0. The monoisotopic (exact) mass is 443 g/mol. The van der Waals surface area contributed by atoms with Gasteiger partial charge in [-0.2, -0.15) is 0 Å². The molecule has 0 spiro atoms. The van der Waals surface area contributed by atoms with Crippen LogP contribution in [0.3, 0.4) is 0 Å². The van der Waals surface area contributed by atoms with E-state index in [0.29, 0.717) is 46.7 Å². The van der Waals surface area contributed by atoms with Crippen molar-refractivity contribution in [3.05, 3.63) is 58.1 Å². The van der Waals surface area contributed by atoms with E-state index in [9.17, 15) is 9.59 Å². The molecule has 1 fully saturated rings. The van der Waals surface area contributed by atoms with E-state index < -0.39 is 0 Å². The fourth-order valence-corrected chi connectivity index (χ4v) is 2.95. The Morgan fingerprint density at radius 1 is 1.00 bits per heavy atom. The smallest absolute Gasteiger partial charge is 0.255 e. The first-order valence-corrected chi connectivity index (χ1v) is 9.23. The molecule has 9 heteroatoms. The Hall–Kier alpha value is -1.83. The molecular weight excluding hydrogens is 425 g/mol. The molecule has 2 aromatic carbocycles. The van der Waals surface area contributed by atoms with Crippen LogP contribution in [0, 0.1) is 0 Å². The molecule has 1 heterocycles. The third kappa shape index (κ3) is 6.36. The van der Waals surface area contributed by atoms with Crippen molar-refractivity contribution >= 4 is 58.8 Å². The third-order valence-electron chi connectivity index (χ3n) is 4.08. The lowest BCUT2D eigenvalue weighted by atomic mass is 10.2. The molecule has 6 nitrogen and oxygen atoms in total. The molecule has 0 unspecified atom stereocenters. The number of ether oxygens (including phenoxy) is 1. The summed E-state index contributed by atoms with van der Waals surface area (Å²) in [7, 11) is 0. The molecule has 0 saturated carbocycles. The highest BCUT2D eigenvalue weighted by molar-refractivity contribution is 6.34. The second-order valence-electron chi connectivity index (χ2n) is 6.09. The van der Waals surface area contributed by atoms with E-state index in [1.807, 2.05) is 4.90 Å². The van der Waals surface area contributed by atoms with Crippen molar-refractivity contribution in [2.45, 2.75) is 0 Å². The van der Waals surface area contributed by atoms with Gasteiger partial charge in [-0.1, -0.05) is 23.2 Å². The Morgan fingerprint density at radius 2 is 1.68 bits per heavy atom. The highest BCUT2D eigenvalue weighted by atomic mass is 35.5. The summed E-state index contributed by atoms with van der Waals surface area (Å²) in [4.78, 5) is 26.6. The average molecular weight is 445 g/mol. The molecule has 0 atom stereocenters. The number of carbonyl (C=O) groups is 2. The standard InChI is InChI=1S/C19H19Cl2N3O3.ClH/c20-14-3-1-13(2-4-14)19(26)23-17-11-15(5-6-16(17)21)22-18(25)12-24-7-9-27-10-8-24;/h1-6,11H,7-10,12H2,(H,22,25)(H,23,26);1H. The van der Waals surface area contributed by atoms with Gasteiger partial charge >= 0.3 is 0 Å². The van der Waals surface area contributed by atoms with Gasteiger partial charge in [0.05, 0.1) is 30.5 Å². The maximum absolute atomic E-state index is 12.4. The Kier molecular flexibility index (Phi) is 8.54. The third-order valence-corrected chi connectivity index (χ3v) is 4.66. The van der Waals surface area contributed by atoms with Crippen molar-refractivity contribution in [1.82, 2.24) is 4.90 Å². The van der Waals surface area contributed by atoms with Crippen LogP contribution in [0.15, 0.2) is 42.5 Å². The van der Waals surface area contributed by atoms with E-state index in [2.05, 4.69) is 10.6 Å². The van der Waals surface area contributed by atoms with Crippen molar-refractivity contribution < 1.29 is 14.3 Å². The molecule has 0 bridgehead atoms. The molecule has 0 aromatic heterocycles. The molecule has 0 aliphatic carbocycles. The van der Waals surface area contributed by atoms with Gasteiger partial charge in [0.2, 0.25) is 5.91 Å². The second kappa shape index (κ2) is 10.6. The van der Waals surface area contributed by atoms with Gasteiger partial charge in [0.25, 0.3) is 5.91 Å². The zero-order valence-electron chi connectivity index (χ0n) is 14.9. The Labute approximate surface area is 179 Å². The minimum absolute atomic E-state index is 0. The number of halogens is 3. The van der Waals surface area contributed by atoms with Crippen LogP contribution in [-0.4, -0.2) is 49.6 Å². The number of benzene rings is 2. The van der Waals surface area contributed by atoms with E-state index in [4.69, 9.17) is 27.9 Å². The highest BCUT2D eigenvalue weighted by Crippen LogP contribution is 2.26. The van der Waals surface area contributed by atoms with Crippen LogP contribution in [-0.2, 0) is 9.53 Å². The summed E-state index contributed by atoms with van der Waals surface area (Å²) in [6, 6.07) is 11.5. The summed E-state index contributed by atoms with van der Waals surface area (Å²) in [6.07, 6.45) is 0. The topological polar surface area (TPSA) is 70.7 Å². The van der Waals surface area contributed by atoms with Crippen molar-refractivity contribution in [1.29, 1.82) is 0 Å². The van der Waals surface area contributed by atoms with E-state index in [0.717, 1.165) is 13.1 Å². The molecule has 150 valence electrons. The lowest BCUT2D eigenvalue weighted by Crippen LogP contribution is -2.41. The number of hydrogen-bond acceptors (Lipinski definition) is 4. The Balaban J connectivity index is 0.00000280. The van der Waals surface area contributed by atoms with Crippen LogP contribution in [0.2, 0.25) is 10.0 Å². The number of morpholine rings is 1. The van der Waals surface area contributed by atoms with Gasteiger partial charge in [-0.3, -0.25) is 14.5 Å². The number of carbonyl (C=O) groups excluding carboxylic acids is 2. The zero-order chi connectivity index (χ0) is 19.2. The van der Waals surface area contributed by atoms with Gasteiger partial charge < -0.3 is 15.4 Å². The summed E-state index contributed by atoms with van der Waals surface area (Å²) in [5.41, 5.74) is 1.43.